The number of aryl methyl sites for hydroxylation is 2. The highest BCUT2D eigenvalue weighted by atomic mass is 32.2. The molecule has 0 bridgehead atoms. The SMILES string of the molecule is Cc1nc(CNS(=O)(=O)N2CCCCC2C(=O)O)oc1C. The molecule has 0 amide bonds. The summed E-state index contributed by atoms with van der Waals surface area (Å²) >= 11 is 0. The molecule has 2 N–H and O–H groups in total. The predicted octanol–water partition coefficient (Wildman–Crippen LogP) is 0.565. The van der Waals surface area contributed by atoms with Crippen molar-refractivity contribution in [2.45, 2.75) is 45.7 Å². The summed E-state index contributed by atoms with van der Waals surface area (Å²) in [5.41, 5.74) is 0.700. The molecule has 1 atom stereocenters. The van der Waals surface area contributed by atoms with Gasteiger partial charge in [-0.15, -0.1) is 0 Å². The third kappa shape index (κ3) is 3.60. The van der Waals surface area contributed by atoms with Gasteiger partial charge < -0.3 is 9.52 Å². The Balaban J connectivity index is 2.08. The Bertz CT molecular complexity index is 605. The third-order valence-corrected chi connectivity index (χ3v) is 5.09. The number of aliphatic carboxylic acids is 1. The van der Waals surface area contributed by atoms with Gasteiger partial charge in [0.1, 0.15) is 11.8 Å². The first kappa shape index (κ1) is 15.9. The number of hydrogen-bond donors (Lipinski definition) is 2. The molecule has 1 unspecified atom stereocenters. The zero-order valence-electron chi connectivity index (χ0n) is 12.0. The van der Waals surface area contributed by atoms with Crippen LogP contribution in [0.5, 0.6) is 0 Å². The molecule has 1 saturated heterocycles. The van der Waals surface area contributed by atoms with Crippen LogP contribution in [0.15, 0.2) is 4.42 Å². The van der Waals surface area contributed by atoms with Crippen molar-refractivity contribution in [3.05, 3.63) is 17.3 Å². The molecule has 0 radical (unpaired) electrons. The Morgan fingerprint density at radius 3 is 2.76 bits per heavy atom. The Hall–Kier alpha value is -1.45. The summed E-state index contributed by atoms with van der Waals surface area (Å²) in [6.07, 6.45) is 1.69. The van der Waals surface area contributed by atoms with E-state index in [1.54, 1.807) is 13.8 Å². The first-order chi connectivity index (χ1) is 9.81. The molecular weight excluding hydrogens is 298 g/mol. The topological polar surface area (TPSA) is 113 Å². The highest BCUT2D eigenvalue weighted by Crippen LogP contribution is 2.20. The lowest BCUT2D eigenvalue weighted by Crippen LogP contribution is -2.51. The third-order valence-electron chi connectivity index (χ3n) is 3.53. The maximum absolute atomic E-state index is 12.2. The summed E-state index contributed by atoms with van der Waals surface area (Å²) < 4.78 is 33.1. The average molecular weight is 317 g/mol. The highest BCUT2D eigenvalue weighted by molar-refractivity contribution is 7.87. The van der Waals surface area contributed by atoms with Crippen molar-refractivity contribution < 1.29 is 22.7 Å². The lowest BCUT2D eigenvalue weighted by Gasteiger charge is -2.31. The second-order valence-corrected chi connectivity index (χ2v) is 6.74. The van der Waals surface area contributed by atoms with E-state index in [1.165, 1.54) is 0 Å². The van der Waals surface area contributed by atoms with Crippen LogP contribution >= 0.6 is 0 Å². The number of oxazole rings is 1. The van der Waals surface area contributed by atoms with Gasteiger partial charge in [-0.2, -0.15) is 17.4 Å². The van der Waals surface area contributed by atoms with Gasteiger partial charge in [-0.1, -0.05) is 0 Å². The molecule has 0 aromatic carbocycles. The highest BCUT2D eigenvalue weighted by Gasteiger charge is 2.36. The number of carboxylic acids is 1. The number of piperidine rings is 1. The monoisotopic (exact) mass is 317 g/mol. The van der Waals surface area contributed by atoms with Crippen molar-refractivity contribution in [2.75, 3.05) is 6.54 Å². The van der Waals surface area contributed by atoms with Gasteiger partial charge in [0.05, 0.1) is 12.2 Å². The van der Waals surface area contributed by atoms with E-state index in [-0.39, 0.29) is 19.0 Å². The summed E-state index contributed by atoms with van der Waals surface area (Å²) in [6, 6.07) is -1.01. The maximum atomic E-state index is 12.2. The molecule has 118 valence electrons. The van der Waals surface area contributed by atoms with Crippen LogP contribution in [0.2, 0.25) is 0 Å². The molecule has 1 fully saturated rings. The minimum atomic E-state index is -3.88. The number of carbonyl (C=O) groups is 1. The van der Waals surface area contributed by atoms with Crippen LogP contribution in [-0.2, 0) is 21.5 Å². The summed E-state index contributed by atoms with van der Waals surface area (Å²) in [7, 11) is -3.88. The molecule has 2 rings (SSSR count). The Kier molecular flexibility index (Phi) is 4.64. The van der Waals surface area contributed by atoms with E-state index in [0.717, 1.165) is 4.31 Å². The standard InChI is InChI=1S/C12H19N3O5S/c1-8-9(2)20-11(14-8)7-13-21(18,19)15-6-4-3-5-10(15)12(16)17/h10,13H,3-7H2,1-2H3,(H,16,17). The summed E-state index contributed by atoms with van der Waals surface area (Å²) in [5, 5.41) is 9.13. The molecule has 1 aliphatic rings. The van der Waals surface area contributed by atoms with Crippen LogP contribution in [0.4, 0.5) is 0 Å². The number of aromatic nitrogens is 1. The average Bonchev–Trinajstić information content (AvgIpc) is 2.76. The summed E-state index contributed by atoms with van der Waals surface area (Å²) in [4.78, 5) is 15.3. The Morgan fingerprint density at radius 1 is 1.48 bits per heavy atom. The largest absolute Gasteiger partial charge is 0.480 e. The van der Waals surface area contributed by atoms with Gasteiger partial charge in [0.25, 0.3) is 10.2 Å². The van der Waals surface area contributed by atoms with Crippen LogP contribution in [-0.4, -0.2) is 41.4 Å². The van der Waals surface area contributed by atoms with Gasteiger partial charge in [0.15, 0.2) is 0 Å². The van der Waals surface area contributed by atoms with Crippen LogP contribution < -0.4 is 4.72 Å². The van der Waals surface area contributed by atoms with E-state index in [1.807, 2.05) is 0 Å². The van der Waals surface area contributed by atoms with Crippen LogP contribution in [0.25, 0.3) is 0 Å². The fourth-order valence-electron chi connectivity index (χ4n) is 2.29. The van der Waals surface area contributed by atoms with Gasteiger partial charge in [-0.25, -0.2) is 4.98 Å². The van der Waals surface area contributed by atoms with E-state index in [2.05, 4.69) is 9.71 Å². The number of hydrogen-bond acceptors (Lipinski definition) is 5. The molecule has 0 aliphatic carbocycles. The smallest absolute Gasteiger partial charge is 0.322 e. The van der Waals surface area contributed by atoms with Gasteiger partial charge in [0, 0.05) is 6.54 Å². The lowest BCUT2D eigenvalue weighted by atomic mass is 10.1. The fraction of sp³-hybridized carbons (Fsp3) is 0.667. The van der Waals surface area contributed by atoms with E-state index >= 15 is 0 Å². The van der Waals surface area contributed by atoms with Crippen molar-refractivity contribution in [1.82, 2.24) is 14.0 Å². The number of carboxylic acid groups (broad SMARTS) is 1. The second kappa shape index (κ2) is 6.12. The van der Waals surface area contributed by atoms with Crippen LogP contribution in [0, 0.1) is 13.8 Å². The van der Waals surface area contributed by atoms with Gasteiger partial charge in [-0.05, 0) is 33.1 Å². The van der Waals surface area contributed by atoms with Crippen molar-refractivity contribution in [3.8, 4) is 0 Å². The molecule has 9 heteroatoms. The molecule has 1 aliphatic heterocycles. The first-order valence-electron chi connectivity index (χ1n) is 6.73. The van der Waals surface area contributed by atoms with Gasteiger partial charge in [-0.3, -0.25) is 4.79 Å². The molecular formula is C12H19N3O5S. The molecule has 0 spiro atoms. The summed E-state index contributed by atoms with van der Waals surface area (Å²) in [5.74, 6) is -0.231. The Labute approximate surface area is 123 Å². The van der Waals surface area contributed by atoms with Crippen molar-refractivity contribution in [1.29, 1.82) is 0 Å². The van der Waals surface area contributed by atoms with Gasteiger partial charge in [0.2, 0.25) is 5.89 Å². The second-order valence-electron chi connectivity index (χ2n) is 5.04. The normalized spacial score (nSPS) is 20.6. The number of nitrogens with zero attached hydrogens (tertiary/aromatic N) is 2. The van der Waals surface area contributed by atoms with Crippen LogP contribution in [0.1, 0.15) is 36.6 Å². The van der Waals surface area contributed by atoms with E-state index in [4.69, 9.17) is 9.52 Å². The minimum absolute atomic E-state index is 0.0974. The number of rotatable bonds is 5. The van der Waals surface area contributed by atoms with E-state index in [9.17, 15) is 13.2 Å². The van der Waals surface area contributed by atoms with E-state index < -0.39 is 22.2 Å². The number of nitrogens with one attached hydrogen (secondary N) is 1. The zero-order chi connectivity index (χ0) is 15.6. The first-order valence-corrected chi connectivity index (χ1v) is 8.17. The van der Waals surface area contributed by atoms with Crippen molar-refractivity contribution >= 4 is 16.2 Å². The lowest BCUT2D eigenvalue weighted by molar-refractivity contribution is -0.142. The molecule has 2 heterocycles. The van der Waals surface area contributed by atoms with Crippen molar-refractivity contribution in [2.24, 2.45) is 0 Å². The van der Waals surface area contributed by atoms with Crippen LogP contribution in [0.3, 0.4) is 0 Å². The molecule has 1 aromatic rings. The Morgan fingerprint density at radius 2 is 2.19 bits per heavy atom. The van der Waals surface area contributed by atoms with Crippen molar-refractivity contribution in [3.63, 3.8) is 0 Å². The minimum Gasteiger partial charge on any atom is -0.480 e. The zero-order valence-corrected chi connectivity index (χ0v) is 12.8. The molecule has 8 nitrogen and oxygen atoms in total. The molecule has 0 saturated carbocycles. The predicted molar refractivity (Wildman–Crippen MR) is 73.7 cm³/mol. The quantitative estimate of drug-likeness (QED) is 0.820. The van der Waals surface area contributed by atoms with E-state index in [0.29, 0.717) is 30.7 Å². The molecule has 21 heavy (non-hydrogen) atoms. The summed E-state index contributed by atoms with van der Waals surface area (Å²) in [6.45, 7) is 3.61. The maximum Gasteiger partial charge on any atom is 0.322 e. The van der Waals surface area contributed by atoms with Gasteiger partial charge >= 0.3 is 5.97 Å². The fourth-order valence-corrected chi connectivity index (χ4v) is 3.66. The molecule has 1 aromatic heterocycles.